The highest BCUT2D eigenvalue weighted by molar-refractivity contribution is 5.19. The second-order valence-corrected chi connectivity index (χ2v) is 7.91. The van der Waals surface area contributed by atoms with E-state index in [0.29, 0.717) is 30.7 Å². The largest absolute Gasteiger partial charge is 0.379 e. The molecule has 6 nitrogen and oxygen atoms in total. The summed E-state index contributed by atoms with van der Waals surface area (Å²) in [6.07, 6.45) is 2.88. The van der Waals surface area contributed by atoms with Crippen molar-refractivity contribution in [1.29, 1.82) is 0 Å². The van der Waals surface area contributed by atoms with Gasteiger partial charge in [-0.2, -0.15) is 4.98 Å². The molecule has 0 amide bonds. The molecule has 0 aliphatic carbocycles. The third-order valence-electron chi connectivity index (χ3n) is 6.06. The fraction of sp³-hybridized carbons (Fsp3) is 0.619. The summed E-state index contributed by atoms with van der Waals surface area (Å²) in [5.74, 6) is 1.75. The van der Waals surface area contributed by atoms with Crippen LogP contribution in [0.3, 0.4) is 0 Å². The molecular formula is C21H29FN4O2. The van der Waals surface area contributed by atoms with Gasteiger partial charge in [-0.25, -0.2) is 4.39 Å². The van der Waals surface area contributed by atoms with Gasteiger partial charge < -0.3 is 9.26 Å². The van der Waals surface area contributed by atoms with Crippen molar-refractivity contribution in [1.82, 2.24) is 19.9 Å². The fourth-order valence-corrected chi connectivity index (χ4v) is 4.32. The van der Waals surface area contributed by atoms with Crippen LogP contribution in [-0.2, 0) is 17.7 Å². The molecule has 4 rings (SSSR count). The van der Waals surface area contributed by atoms with Crippen molar-refractivity contribution in [3.63, 3.8) is 0 Å². The van der Waals surface area contributed by atoms with E-state index in [4.69, 9.17) is 9.26 Å². The van der Waals surface area contributed by atoms with Crippen LogP contribution in [0.15, 0.2) is 28.8 Å². The predicted octanol–water partition coefficient (Wildman–Crippen LogP) is 2.73. The van der Waals surface area contributed by atoms with Crippen LogP contribution in [0.1, 0.15) is 37.0 Å². The summed E-state index contributed by atoms with van der Waals surface area (Å²) in [6.45, 7) is 8.99. The maximum absolute atomic E-state index is 13.3. The maximum atomic E-state index is 13.3. The molecule has 1 aromatic heterocycles. The van der Waals surface area contributed by atoms with Crippen LogP contribution in [0.4, 0.5) is 4.39 Å². The van der Waals surface area contributed by atoms with Gasteiger partial charge in [0, 0.05) is 25.6 Å². The van der Waals surface area contributed by atoms with Gasteiger partial charge in [0.1, 0.15) is 5.82 Å². The number of halogens is 1. The Kier molecular flexibility index (Phi) is 6.34. The molecule has 2 aliphatic rings. The number of hydrogen-bond donors (Lipinski definition) is 0. The molecule has 28 heavy (non-hydrogen) atoms. The molecule has 1 aromatic carbocycles. The highest BCUT2D eigenvalue weighted by atomic mass is 19.1. The van der Waals surface area contributed by atoms with Crippen LogP contribution < -0.4 is 0 Å². The van der Waals surface area contributed by atoms with Crippen molar-refractivity contribution < 1.29 is 13.7 Å². The summed E-state index contributed by atoms with van der Waals surface area (Å²) in [5, 5.41) is 4.06. The SMILES string of the molecule is C[C@@H](C1CCN(Cc2nc(Cc3cccc(F)c3)no2)CC1)N1CCOCC1. The van der Waals surface area contributed by atoms with Crippen LogP contribution in [0.5, 0.6) is 0 Å². The zero-order valence-corrected chi connectivity index (χ0v) is 16.5. The molecule has 3 heterocycles. The number of benzene rings is 1. The topological polar surface area (TPSA) is 54.6 Å². The van der Waals surface area contributed by atoms with Gasteiger partial charge in [0.25, 0.3) is 0 Å². The Bertz CT molecular complexity index is 754. The summed E-state index contributed by atoms with van der Waals surface area (Å²) in [6, 6.07) is 7.14. The number of likely N-dealkylation sites (tertiary alicyclic amines) is 1. The first kappa shape index (κ1) is 19.5. The minimum absolute atomic E-state index is 0.240. The number of hydrogen-bond acceptors (Lipinski definition) is 6. The Labute approximate surface area is 165 Å². The second kappa shape index (κ2) is 9.11. The maximum Gasteiger partial charge on any atom is 0.240 e. The lowest BCUT2D eigenvalue weighted by Gasteiger charge is -2.40. The normalized spacial score (nSPS) is 21.1. The van der Waals surface area contributed by atoms with Crippen LogP contribution in [0.25, 0.3) is 0 Å². The predicted molar refractivity (Wildman–Crippen MR) is 103 cm³/mol. The molecule has 2 aromatic rings. The van der Waals surface area contributed by atoms with Crippen LogP contribution in [0, 0.1) is 11.7 Å². The van der Waals surface area contributed by atoms with Gasteiger partial charge in [0.2, 0.25) is 5.89 Å². The molecule has 0 unspecified atom stereocenters. The van der Waals surface area contributed by atoms with E-state index in [-0.39, 0.29) is 5.82 Å². The summed E-state index contributed by atoms with van der Waals surface area (Å²) >= 11 is 0. The van der Waals surface area contributed by atoms with Crippen molar-refractivity contribution in [2.75, 3.05) is 39.4 Å². The Morgan fingerprint density at radius 2 is 1.96 bits per heavy atom. The molecule has 0 spiro atoms. The summed E-state index contributed by atoms with van der Waals surface area (Å²) in [7, 11) is 0. The monoisotopic (exact) mass is 388 g/mol. The molecule has 1 atom stereocenters. The summed E-state index contributed by atoms with van der Waals surface area (Å²) in [4.78, 5) is 9.45. The fourth-order valence-electron chi connectivity index (χ4n) is 4.32. The van der Waals surface area contributed by atoms with Gasteiger partial charge >= 0.3 is 0 Å². The number of ether oxygens (including phenoxy) is 1. The molecule has 7 heteroatoms. The molecule has 152 valence electrons. The highest BCUT2D eigenvalue weighted by Gasteiger charge is 2.29. The molecule has 0 bridgehead atoms. The van der Waals surface area contributed by atoms with E-state index in [1.807, 2.05) is 6.07 Å². The van der Waals surface area contributed by atoms with Crippen LogP contribution >= 0.6 is 0 Å². The number of nitrogens with zero attached hydrogens (tertiary/aromatic N) is 4. The third-order valence-corrected chi connectivity index (χ3v) is 6.06. The first-order valence-electron chi connectivity index (χ1n) is 10.3. The molecular weight excluding hydrogens is 359 g/mol. The van der Waals surface area contributed by atoms with Crippen molar-refractivity contribution in [3.05, 3.63) is 47.4 Å². The Morgan fingerprint density at radius 3 is 2.71 bits per heavy atom. The average molecular weight is 388 g/mol. The quantitative estimate of drug-likeness (QED) is 0.759. The average Bonchev–Trinajstić information content (AvgIpc) is 3.15. The second-order valence-electron chi connectivity index (χ2n) is 7.91. The van der Waals surface area contributed by atoms with Crippen molar-refractivity contribution >= 4 is 0 Å². The van der Waals surface area contributed by atoms with E-state index < -0.39 is 0 Å². The lowest BCUT2D eigenvalue weighted by Crippen LogP contribution is -2.48. The van der Waals surface area contributed by atoms with E-state index >= 15 is 0 Å². The van der Waals surface area contributed by atoms with Gasteiger partial charge in [0.15, 0.2) is 5.82 Å². The minimum Gasteiger partial charge on any atom is -0.379 e. The molecule has 2 aliphatic heterocycles. The van der Waals surface area contributed by atoms with Crippen LogP contribution in [-0.4, -0.2) is 65.4 Å². The first-order valence-corrected chi connectivity index (χ1v) is 10.3. The van der Waals surface area contributed by atoms with Gasteiger partial charge in [-0.15, -0.1) is 0 Å². The van der Waals surface area contributed by atoms with Gasteiger partial charge in [-0.3, -0.25) is 9.80 Å². The van der Waals surface area contributed by atoms with E-state index in [0.717, 1.165) is 50.9 Å². The smallest absolute Gasteiger partial charge is 0.240 e. The number of rotatable bonds is 6. The van der Waals surface area contributed by atoms with E-state index in [1.54, 1.807) is 6.07 Å². The summed E-state index contributed by atoms with van der Waals surface area (Å²) < 4.78 is 24.2. The van der Waals surface area contributed by atoms with E-state index in [1.165, 1.54) is 25.0 Å². The zero-order chi connectivity index (χ0) is 19.3. The number of piperidine rings is 1. The van der Waals surface area contributed by atoms with E-state index in [9.17, 15) is 4.39 Å². The lowest BCUT2D eigenvalue weighted by atomic mass is 9.89. The van der Waals surface area contributed by atoms with Crippen molar-refractivity contribution in [3.8, 4) is 0 Å². The number of morpholine rings is 1. The molecule has 0 radical (unpaired) electrons. The zero-order valence-electron chi connectivity index (χ0n) is 16.5. The van der Waals surface area contributed by atoms with Crippen molar-refractivity contribution in [2.45, 2.75) is 38.8 Å². The minimum atomic E-state index is -0.240. The Hall–Kier alpha value is -1.83. The van der Waals surface area contributed by atoms with Gasteiger partial charge in [-0.05, 0) is 56.5 Å². The molecule has 0 N–H and O–H groups in total. The molecule has 0 saturated carbocycles. The summed E-state index contributed by atoms with van der Waals surface area (Å²) in [5.41, 5.74) is 0.852. The van der Waals surface area contributed by atoms with Gasteiger partial charge in [0.05, 0.1) is 19.8 Å². The highest BCUT2D eigenvalue weighted by Crippen LogP contribution is 2.25. The van der Waals surface area contributed by atoms with E-state index in [2.05, 4.69) is 26.9 Å². The molecule has 2 fully saturated rings. The lowest BCUT2D eigenvalue weighted by molar-refractivity contribution is -0.00238. The number of aromatic nitrogens is 2. The van der Waals surface area contributed by atoms with Crippen LogP contribution in [0.2, 0.25) is 0 Å². The third kappa shape index (κ3) is 4.96. The Balaban J connectivity index is 1.25. The first-order chi connectivity index (χ1) is 13.7. The Morgan fingerprint density at radius 1 is 1.18 bits per heavy atom. The van der Waals surface area contributed by atoms with Gasteiger partial charge in [-0.1, -0.05) is 17.3 Å². The molecule has 2 saturated heterocycles. The van der Waals surface area contributed by atoms with Crippen molar-refractivity contribution in [2.24, 2.45) is 5.92 Å². The standard InChI is InChI=1S/C21H29FN4O2/c1-16(26-9-11-27-12-10-26)18-5-7-25(8-6-18)15-21-23-20(24-28-21)14-17-3-2-4-19(22)13-17/h2-4,13,16,18H,5-12,14-15H2,1H3/t16-/m0/s1.